The first-order valence-electron chi connectivity index (χ1n) is 10.5. The van der Waals surface area contributed by atoms with Crippen LogP contribution in [0.1, 0.15) is 49.3 Å². The topological polar surface area (TPSA) is 41.6 Å². The molecule has 0 saturated carbocycles. The number of nitrogens with one attached hydrogen (secondary N) is 1. The highest BCUT2D eigenvalue weighted by Crippen LogP contribution is 2.17. The maximum absolute atomic E-state index is 12.7. The zero-order valence-corrected chi connectivity index (χ0v) is 17.1. The van der Waals surface area contributed by atoms with Gasteiger partial charge in [-0.1, -0.05) is 49.7 Å². The van der Waals surface area contributed by atoms with Crippen molar-refractivity contribution in [2.24, 2.45) is 0 Å². The van der Waals surface area contributed by atoms with Crippen LogP contribution in [0.15, 0.2) is 48.5 Å². The molecule has 1 heterocycles. The molecule has 1 saturated heterocycles. The number of carbonyl (C=O) groups excluding carboxylic acids is 1. The van der Waals surface area contributed by atoms with Crippen LogP contribution in [-0.4, -0.2) is 30.0 Å². The first kappa shape index (κ1) is 20.4. The van der Waals surface area contributed by atoms with Gasteiger partial charge in [0.2, 0.25) is 0 Å². The Balaban J connectivity index is 1.58. The van der Waals surface area contributed by atoms with Crippen LogP contribution < -0.4 is 10.1 Å². The molecule has 1 amide bonds. The lowest BCUT2D eigenvalue weighted by atomic mass is 10.0. The number of carbonyl (C=O) groups is 1. The Labute approximate surface area is 168 Å². The largest absolute Gasteiger partial charge is 0.481 e. The first-order valence-corrected chi connectivity index (χ1v) is 10.5. The summed E-state index contributed by atoms with van der Waals surface area (Å²) >= 11 is 0. The Morgan fingerprint density at radius 1 is 1.07 bits per heavy atom. The van der Waals surface area contributed by atoms with Gasteiger partial charge in [0.05, 0.1) is 0 Å². The van der Waals surface area contributed by atoms with Crippen molar-refractivity contribution in [1.82, 2.24) is 10.2 Å². The second-order valence-electron chi connectivity index (χ2n) is 7.65. The van der Waals surface area contributed by atoms with E-state index in [1.165, 1.54) is 43.5 Å². The quantitative estimate of drug-likeness (QED) is 0.735. The Morgan fingerprint density at radius 3 is 2.54 bits per heavy atom. The lowest BCUT2D eigenvalue weighted by Gasteiger charge is -2.27. The van der Waals surface area contributed by atoms with Gasteiger partial charge in [-0.25, -0.2) is 0 Å². The molecule has 3 rings (SSSR count). The summed E-state index contributed by atoms with van der Waals surface area (Å²) in [6, 6.07) is 16.3. The van der Waals surface area contributed by atoms with Crippen molar-refractivity contribution >= 4 is 5.91 Å². The van der Waals surface area contributed by atoms with E-state index in [2.05, 4.69) is 28.4 Å². The van der Waals surface area contributed by atoms with Crippen molar-refractivity contribution in [3.63, 3.8) is 0 Å². The smallest absolute Gasteiger partial charge is 0.261 e. The maximum atomic E-state index is 12.7. The molecule has 0 bridgehead atoms. The van der Waals surface area contributed by atoms with E-state index in [0.29, 0.717) is 13.0 Å². The SMILES string of the molecule is CC[C@H](Oc1cccc(C)c1)C(=O)NCc1ccccc1CN1CCCCC1. The van der Waals surface area contributed by atoms with Gasteiger partial charge < -0.3 is 10.1 Å². The Morgan fingerprint density at radius 2 is 1.82 bits per heavy atom. The molecule has 2 aromatic carbocycles. The average Bonchev–Trinajstić information content (AvgIpc) is 2.72. The molecule has 0 aromatic heterocycles. The number of likely N-dealkylation sites (tertiary alicyclic amines) is 1. The normalized spacial score (nSPS) is 15.8. The molecule has 150 valence electrons. The molecule has 1 atom stereocenters. The van der Waals surface area contributed by atoms with Crippen LogP contribution in [-0.2, 0) is 17.9 Å². The summed E-state index contributed by atoms with van der Waals surface area (Å²) in [6.45, 7) is 7.84. The van der Waals surface area contributed by atoms with Gasteiger partial charge >= 0.3 is 0 Å². The summed E-state index contributed by atoms with van der Waals surface area (Å²) in [5.74, 6) is 0.685. The predicted molar refractivity (Wildman–Crippen MR) is 113 cm³/mol. The molecule has 0 radical (unpaired) electrons. The molecule has 4 heteroatoms. The second-order valence-corrected chi connectivity index (χ2v) is 7.65. The third-order valence-corrected chi connectivity index (χ3v) is 5.35. The molecule has 0 unspecified atom stereocenters. The monoisotopic (exact) mass is 380 g/mol. The predicted octanol–water partition coefficient (Wildman–Crippen LogP) is 4.45. The van der Waals surface area contributed by atoms with Gasteiger partial charge in [0.25, 0.3) is 5.91 Å². The van der Waals surface area contributed by atoms with Crippen molar-refractivity contribution in [2.75, 3.05) is 13.1 Å². The van der Waals surface area contributed by atoms with Crippen LogP contribution in [0.5, 0.6) is 5.75 Å². The van der Waals surface area contributed by atoms with Crippen molar-refractivity contribution < 1.29 is 9.53 Å². The Bertz CT molecular complexity index is 769. The van der Waals surface area contributed by atoms with Gasteiger partial charge in [0.1, 0.15) is 5.75 Å². The lowest BCUT2D eigenvalue weighted by Crippen LogP contribution is -2.38. The van der Waals surface area contributed by atoms with E-state index in [-0.39, 0.29) is 5.91 Å². The zero-order chi connectivity index (χ0) is 19.8. The Hall–Kier alpha value is -2.33. The first-order chi connectivity index (χ1) is 13.7. The summed E-state index contributed by atoms with van der Waals surface area (Å²) in [7, 11) is 0. The molecule has 0 aliphatic carbocycles. The highest BCUT2D eigenvalue weighted by atomic mass is 16.5. The fourth-order valence-corrected chi connectivity index (χ4v) is 3.71. The molecular formula is C24H32N2O2. The lowest BCUT2D eigenvalue weighted by molar-refractivity contribution is -0.128. The molecule has 1 aliphatic rings. The van der Waals surface area contributed by atoms with E-state index in [9.17, 15) is 4.79 Å². The summed E-state index contributed by atoms with van der Waals surface area (Å²) in [5, 5.41) is 3.08. The van der Waals surface area contributed by atoms with E-state index >= 15 is 0 Å². The van der Waals surface area contributed by atoms with E-state index < -0.39 is 6.10 Å². The van der Waals surface area contributed by atoms with E-state index in [1.54, 1.807) is 0 Å². The maximum Gasteiger partial charge on any atom is 0.261 e. The van der Waals surface area contributed by atoms with E-state index in [1.807, 2.05) is 44.2 Å². The fourth-order valence-electron chi connectivity index (χ4n) is 3.71. The Kier molecular flexibility index (Phi) is 7.49. The van der Waals surface area contributed by atoms with Crippen molar-refractivity contribution in [3.05, 3.63) is 65.2 Å². The van der Waals surface area contributed by atoms with Crippen LogP contribution in [0.25, 0.3) is 0 Å². The third-order valence-electron chi connectivity index (χ3n) is 5.35. The fraction of sp³-hybridized carbons (Fsp3) is 0.458. The van der Waals surface area contributed by atoms with Crippen molar-refractivity contribution in [1.29, 1.82) is 0 Å². The zero-order valence-electron chi connectivity index (χ0n) is 17.1. The third kappa shape index (κ3) is 5.83. The number of hydrogen-bond acceptors (Lipinski definition) is 3. The number of rotatable bonds is 8. The van der Waals surface area contributed by atoms with Gasteiger partial charge in [0.15, 0.2) is 6.10 Å². The van der Waals surface area contributed by atoms with Crippen LogP contribution >= 0.6 is 0 Å². The molecular weight excluding hydrogens is 348 g/mol. The molecule has 1 fully saturated rings. The summed E-state index contributed by atoms with van der Waals surface area (Å²) in [4.78, 5) is 15.2. The minimum absolute atomic E-state index is 0.0585. The number of hydrogen-bond donors (Lipinski definition) is 1. The van der Waals surface area contributed by atoms with Gasteiger partial charge in [-0.2, -0.15) is 0 Å². The molecule has 28 heavy (non-hydrogen) atoms. The molecule has 2 aromatic rings. The average molecular weight is 381 g/mol. The van der Waals surface area contributed by atoms with Gasteiger partial charge in [-0.3, -0.25) is 9.69 Å². The van der Waals surface area contributed by atoms with Crippen LogP contribution in [0.4, 0.5) is 0 Å². The van der Waals surface area contributed by atoms with Crippen molar-refractivity contribution in [2.45, 2.75) is 58.7 Å². The number of ether oxygens (including phenoxy) is 1. The van der Waals surface area contributed by atoms with Gasteiger partial charge in [-0.05, 0) is 68.1 Å². The van der Waals surface area contributed by atoms with E-state index in [4.69, 9.17) is 4.74 Å². The molecule has 1 aliphatic heterocycles. The summed E-state index contributed by atoms with van der Waals surface area (Å²) in [6.07, 6.45) is 4.07. The van der Waals surface area contributed by atoms with Gasteiger partial charge in [0, 0.05) is 13.1 Å². The standard InChI is InChI=1S/C24H32N2O2/c1-3-23(28-22-13-9-10-19(2)16-22)24(27)25-17-20-11-5-6-12-21(20)18-26-14-7-4-8-15-26/h5-6,9-13,16,23H,3-4,7-8,14-15,17-18H2,1-2H3,(H,25,27)/t23-/m0/s1. The molecule has 4 nitrogen and oxygen atoms in total. The minimum atomic E-state index is -0.476. The number of piperidine rings is 1. The molecule has 0 spiro atoms. The highest BCUT2D eigenvalue weighted by molar-refractivity contribution is 5.81. The van der Waals surface area contributed by atoms with Crippen LogP contribution in [0.3, 0.4) is 0 Å². The second kappa shape index (κ2) is 10.3. The van der Waals surface area contributed by atoms with Crippen LogP contribution in [0.2, 0.25) is 0 Å². The highest BCUT2D eigenvalue weighted by Gasteiger charge is 2.19. The number of aryl methyl sites for hydroxylation is 1. The number of amides is 1. The minimum Gasteiger partial charge on any atom is -0.481 e. The summed E-state index contributed by atoms with van der Waals surface area (Å²) in [5.41, 5.74) is 3.61. The van der Waals surface area contributed by atoms with E-state index in [0.717, 1.165) is 17.9 Å². The number of nitrogens with zero attached hydrogens (tertiary/aromatic N) is 1. The summed E-state index contributed by atoms with van der Waals surface area (Å²) < 4.78 is 5.93. The molecule has 1 N–H and O–H groups in total. The number of benzene rings is 2. The van der Waals surface area contributed by atoms with Gasteiger partial charge in [-0.15, -0.1) is 0 Å². The van der Waals surface area contributed by atoms with Crippen LogP contribution in [0, 0.1) is 6.92 Å². The van der Waals surface area contributed by atoms with Crippen molar-refractivity contribution in [3.8, 4) is 5.75 Å².